The van der Waals surface area contributed by atoms with Crippen molar-refractivity contribution in [3.63, 3.8) is 0 Å². The van der Waals surface area contributed by atoms with E-state index in [-0.39, 0.29) is 11.3 Å². The average molecular weight is 497 g/mol. The molecule has 8 nitrogen and oxygen atoms in total. The quantitative estimate of drug-likeness (QED) is 0.203. The van der Waals surface area contributed by atoms with E-state index in [1.807, 2.05) is 25.1 Å². The van der Waals surface area contributed by atoms with Crippen LogP contribution in [0.2, 0.25) is 0 Å². The molecule has 0 saturated carbocycles. The van der Waals surface area contributed by atoms with Crippen molar-refractivity contribution in [3.8, 4) is 17.2 Å². The summed E-state index contributed by atoms with van der Waals surface area (Å²) in [6.07, 6.45) is 3.11. The van der Waals surface area contributed by atoms with Crippen LogP contribution in [0.4, 0.5) is 0 Å². The minimum absolute atomic E-state index is 0.0330. The van der Waals surface area contributed by atoms with Gasteiger partial charge in [0.25, 0.3) is 11.7 Å². The molecule has 3 rings (SSSR count). The van der Waals surface area contributed by atoms with Crippen LogP contribution in [0.1, 0.15) is 43.4 Å². The predicted molar refractivity (Wildman–Crippen MR) is 139 cm³/mol. The second kappa shape index (κ2) is 12.4. The Kier molecular flexibility index (Phi) is 9.36. The first-order valence-corrected chi connectivity index (χ1v) is 12.2. The second-order valence-corrected chi connectivity index (χ2v) is 8.99. The van der Waals surface area contributed by atoms with Crippen LogP contribution >= 0.6 is 0 Å². The van der Waals surface area contributed by atoms with Crippen molar-refractivity contribution in [1.29, 1.82) is 0 Å². The number of rotatable bonds is 12. The minimum Gasteiger partial charge on any atom is -0.507 e. The normalized spacial score (nSPS) is 17.1. The van der Waals surface area contributed by atoms with Crippen LogP contribution in [0, 0.1) is 0 Å². The molecular weight excluding hydrogens is 460 g/mol. The van der Waals surface area contributed by atoms with Gasteiger partial charge in [0.1, 0.15) is 11.5 Å². The molecule has 0 radical (unpaired) electrons. The van der Waals surface area contributed by atoms with Crippen LogP contribution < -0.4 is 14.2 Å². The number of hydrogen-bond donors (Lipinski definition) is 1. The van der Waals surface area contributed by atoms with Crippen molar-refractivity contribution in [2.75, 3.05) is 48.0 Å². The third-order valence-electron chi connectivity index (χ3n) is 6.18. The van der Waals surface area contributed by atoms with Gasteiger partial charge in [-0.25, -0.2) is 0 Å². The van der Waals surface area contributed by atoms with Gasteiger partial charge < -0.3 is 29.1 Å². The van der Waals surface area contributed by atoms with Gasteiger partial charge in [0.2, 0.25) is 0 Å². The summed E-state index contributed by atoms with van der Waals surface area (Å²) < 4.78 is 16.8. The Bertz CT molecular complexity index is 1110. The van der Waals surface area contributed by atoms with Crippen molar-refractivity contribution in [3.05, 3.63) is 59.2 Å². The van der Waals surface area contributed by atoms with Crippen molar-refractivity contribution in [1.82, 2.24) is 9.80 Å². The summed E-state index contributed by atoms with van der Waals surface area (Å²) in [5, 5.41) is 11.3. The maximum Gasteiger partial charge on any atom is 0.295 e. The molecule has 1 aliphatic heterocycles. The first-order valence-electron chi connectivity index (χ1n) is 12.2. The lowest BCUT2D eigenvalue weighted by molar-refractivity contribution is -0.140. The molecule has 2 aromatic carbocycles. The van der Waals surface area contributed by atoms with Crippen LogP contribution in [0.15, 0.2) is 48.0 Å². The number of ether oxygens (including phenoxy) is 3. The van der Waals surface area contributed by atoms with Gasteiger partial charge in [-0.15, -0.1) is 0 Å². The third-order valence-corrected chi connectivity index (χ3v) is 6.18. The molecule has 1 fully saturated rings. The van der Waals surface area contributed by atoms with Crippen LogP contribution in [0.5, 0.6) is 17.2 Å². The van der Waals surface area contributed by atoms with Crippen molar-refractivity contribution in [2.45, 2.75) is 32.2 Å². The number of hydrogen-bond acceptors (Lipinski definition) is 7. The highest BCUT2D eigenvalue weighted by molar-refractivity contribution is 6.46. The van der Waals surface area contributed by atoms with E-state index in [0.29, 0.717) is 48.1 Å². The molecule has 1 aliphatic rings. The van der Waals surface area contributed by atoms with Crippen molar-refractivity contribution >= 4 is 17.4 Å². The highest BCUT2D eigenvalue weighted by Crippen LogP contribution is 2.42. The summed E-state index contributed by atoms with van der Waals surface area (Å²) in [5.41, 5.74) is 1.08. The Morgan fingerprint density at radius 3 is 2.47 bits per heavy atom. The number of carbonyl (C=O) groups excluding carboxylic acids is 2. The van der Waals surface area contributed by atoms with Gasteiger partial charge in [-0.3, -0.25) is 9.59 Å². The fourth-order valence-electron chi connectivity index (χ4n) is 4.20. The Morgan fingerprint density at radius 1 is 1.03 bits per heavy atom. The van der Waals surface area contributed by atoms with Gasteiger partial charge in [-0.05, 0) is 50.3 Å². The number of likely N-dealkylation sites (N-methyl/N-ethyl adjacent to an activating group) is 1. The van der Waals surface area contributed by atoms with E-state index < -0.39 is 17.7 Å². The summed E-state index contributed by atoms with van der Waals surface area (Å²) in [7, 11) is 6.87. The number of Topliss-reactive ketones (excluding diaryl/α,β-unsaturated/α-hetero) is 1. The maximum atomic E-state index is 13.2. The Balaban J connectivity index is 2.08. The van der Waals surface area contributed by atoms with E-state index in [2.05, 4.69) is 6.92 Å². The van der Waals surface area contributed by atoms with Gasteiger partial charge in [0, 0.05) is 18.7 Å². The summed E-state index contributed by atoms with van der Waals surface area (Å²) >= 11 is 0. The number of aliphatic hydroxyl groups is 1. The summed E-state index contributed by atoms with van der Waals surface area (Å²) in [4.78, 5) is 29.8. The number of benzene rings is 2. The van der Waals surface area contributed by atoms with E-state index in [0.717, 1.165) is 19.3 Å². The fraction of sp³-hybridized carbons (Fsp3) is 0.429. The fourth-order valence-corrected chi connectivity index (χ4v) is 4.20. The zero-order valence-corrected chi connectivity index (χ0v) is 21.7. The smallest absolute Gasteiger partial charge is 0.295 e. The molecule has 0 aromatic heterocycles. The minimum atomic E-state index is -0.779. The zero-order valence-electron chi connectivity index (χ0n) is 21.7. The molecular formula is C28H36N2O6. The molecule has 0 spiro atoms. The molecule has 1 amide bonds. The molecule has 0 aliphatic carbocycles. The number of amides is 1. The summed E-state index contributed by atoms with van der Waals surface area (Å²) in [6.45, 7) is 3.57. The maximum absolute atomic E-state index is 13.2. The zero-order chi connectivity index (χ0) is 26.2. The Labute approximate surface area is 213 Å². The highest BCUT2D eigenvalue weighted by atomic mass is 16.5. The standard InChI is InChI=1S/C28H36N2O6/c1-6-7-8-16-36-22-13-12-19(18-23(22)35-5)25-24(26(31)20-10-9-11-21(17-20)34-4)27(32)28(33)30(25)15-14-29(2)3/h9-13,17-18,25,31H,6-8,14-16H2,1-5H3. The molecule has 1 atom stereocenters. The van der Waals surface area contributed by atoms with Gasteiger partial charge in [-0.1, -0.05) is 38.0 Å². The Hall–Kier alpha value is -3.52. The first kappa shape index (κ1) is 27.1. The third kappa shape index (κ3) is 5.99. The predicted octanol–water partition coefficient (Wildman–Crippen LogP) is 4.26. The van der Waals surface area contributed by atoms with Gasteiger partial charge in [-0.2, -0.15) is 0 Å². The Morgan fingerprint density at radius 2 is 1.81 bits per heavy atom. The van der Waals surface area contributed by atoms with Gasteiger partial charge in [0.15, 0.2) is 11.5 Å². The van der Waals surface area contributed by atoms with Crippen LogP contribution in [0.3, 0.4) is 0 Å². The number of nitrogens with zero attached hydrogens (tertiary/aromatic N) is 2. The molecule has 1 N–H and O–H groups in total. The SMILES string of the molecule is CCCCCOc1ccc(C2C(=C(O)c3cccc(OC)c3)C(=O)C(=O)N2CCN(C)C)cc1OC. The van der Waals surface area contributed by atoms with E-state index in [1.165, 1.54) is 12.0 Å². The average Bonchev–Trinajstić information content (AvgIpc) is 3.14. The molecule has 194 valence electrons. The molecule has 8 heteroatoms. The monoisotopic (exact) mass is 496 g/mol. The highest BCUT2D eigenvalue weighted by Gasteiger charge is 2.46. The molecule has 1 saturated heterocycles. The topological polar surface area (TPSA) is 88.5 Å². The molecule has 1 unspecified atom stereocenters. The number of aliphatic hydroxyl groups excluding tert-OH is 1. The van der Waals surface area contributed by atoms with Gasteiger partial charge >= 0.3 is 0 Å². The number of unbranched alkanes of at least 4 members (excludes halogenated alkanes) is 2. The second-order valence-electron chi connectivity index (χ2n) is 8.99. The van der Waals surface area contributed by atoms with Crippen LogP contribution in [0.25, 0.3) is 5.76 Å². The number of methoxy groups -OCH3 is 2. The first-order chi connectivity index (χ1) is 17.3. The summed E-state index contributed by atoms with van der Waals surface area (Å²) in [5.74, 6) is 0.00852. The lowest BCUT2D eigenvalue weighted by Crippen LogP contribution is -2.35. The lowest BCUT2D eigenvalue weighted by atomic mass is 9.95. The van der Waals surface area contributed by atoms with Crippen LogP contribution in [-0.4, -0.2) is 74.6 Å². The largest absolute Gasteiger partial charge is 0.507 e. The molecule has 2 aromatic rings. The number of likely N-dealkylation sites (tertiary alicyclic amines) is 1. The molecule has 36 heavy (non-hydrogen) atoms. The molecule has 1 heterocycles. The lowest BCUT2D eigenvalue weighted by Gasteiger charge is -2.27. The van der Waals surface area contributed by atoms with E-state index in [1.54, 1.807) is 43.5 Å². The van der Waals surface area contributed by atoms with Crippen LogP contribution in [-0.2, 0) is 9.59 Å². The van der Waals surface area contributed by atoms with Crippen molar-refractivity contribution in [2.24, 2.45) is 0 Å². The van der Waals surface area contributed by atoms with Crippen molar-refractivity contribution < 1.29 is 28.9 Å². The van der Waals surface area contributed by atoms with E-state index in [4.69, 9.17) is 14.2 Å². The molecule has 0 bridgehead atoms. The number of ketones is 1. The van der Waals surface area contributed by atoms with E-state index in [9.17, 15) is 14.7 Å². The van der Waals surface area contributed by atoms with Gasteiger partial charge in [0.05, 0.1) is 32.4 Å². The van der Waals surface area contributed by atoms with E-state index >= 15 is 0 Å². The number of carbonyl (C=O) groups is 2. The summed E-state index contributed by atoms with van der Waals surface area (Å²) in [6, 6.07) is 11.4.